The van der Waals surface area contributed by atoms with Crippen LogP contribution >= 0.6 is 11.3 Å². The summed E-state index contributed by atoms with van der Waals surface area (Å²) >= 11 is 1.90. The number of rotatable bonds is 8. The van der Waals surface area contributed by atoms with Crippen LogP contribution in [0.5, 0.6) is 11.5 Å². The number of benzene rings is 12. The fourth-order valence-electron chi connectivity index (χ4n) is 10.1. The third kappa shape index (κ3) is 6.95. The molecule has 0 saturated carbocycles. The largest absolute Gasteiger partial charge is 0.456 e. The number of ether oxygens (including phenoxy) is 1. The molecule has 12 aromatic carbocycles. The standard InChI is InChI=1S/C65H43NOS/c1-42-21-22-45-13-5-7-17-58(45)63(42)67-55-34-27-44(28-35-55)49-30-36-56-50(39-49)23-24-51-41-54(33-38-57(51)56)66(53-16-9-15-48(40-53)43-11-3-2-4-12-43)52-31-25-47(26-32-52)60-19-10-20-61-62-37-29-46-14-6-8-18-59(46)65(62)68-64(60)61/h2-41H,1H3. The van der Waals surface area contributed by atoms with Crippen LogP contribution in [0.15, 0.2) is 243 Å². The van der Waals surface area contributed by atoms with E-state index in [1.165, 1.54) is 85.7 Å². The Bertz CT molecular complexity index is 4060. The molecule has 0 spiro atoms. The molecule has 0 unspecified atom stereocenters. The fourth-order valence-corrected chi connectivity index (χ4v) is 11.5. The van der Waals surface area contributed by atoms with E-state index < -0.39 is 0 Å². The third-order valence-electron chi connectivity index (χ3n) is 13.6. The van der Waals surface area contributed by atoms with Crippen molar-refractivity contribution in [3.63, 3.8) is 0 Å². The van der Waals surface area contributed by atoms with Crippen molar-refractivity contribution in [2.75, 3.05) is 4.90 Å². The maximum atomic E-state index is 6.50. The van der Waals surface area contributed by atoms with Gasteiger partial charge in [-0.15, -0.1) is 11.3 Å². The Morgan fingerprint density at radius 2 is 0.868 bits per heavy atom. The Balaban J connectivity index is 0.851. The molecule has 0 aliphatic rings. The van der Waals surface area contributed by atoms with Crippen molar-refractivity contribution in [1.82, 2.24) is 0 Å². The minimum Gasteiger partial charge on any atom is -0.456 e. The highest BCUT2D eigenvalue weighted by molar-refractivity contribution is 7.27. The number of thiophene rings is 1. The number of fused-ring (bicyclic) bond motifs is 9. The molecule has 0 atom stereocenters. The van der Waals surface area contributed by atoms with Gasteiger partial charge in [0.25, 0.3) is 0 Å². The number of nitrogens with zero attached hydrogens (tertiary/aromatic N) is 1. The van der Waals surface area contributed by atoms with E-state index in [1.54, 1.807) is 0 Å². The molecule has 0 saturated heterocycles. The lowest BCUT2D eigenvalue weighted by molar-refractivity contribution is 0.485. The molecule has 0 fully saturated rings. The van der Waals surface area contributed by atoms with Crippen molar-refractivity contribution in [1.29, 1.82) is 0 Å². The minimum absolute atomic E-state index is 0.825. The zero-order valence-electron chi connectivity index (χ0n) is 37.4. The van der Waals surface area contributed by atoms with Gasteiger partial charge in [-0.1, -0.05) is 188 Å². The third-order valence-corrected chi connectivity index (χ3v) is 14.9. The van der Waals surface area contributed by atoms with Gasteiger partial charge in [0.2, 0.25) is 0 Å². The van der Waals surface area contributed by atoms with Crippen molar-refractivity contribution in [2.45, 2.75) is 6.92 Å². The molecule has 1 heterocycles. The second kappa shape index (κ2) is 16.4. The first kappa shape index (κ1) is 39.8. The molecular formula is C65H43NOS. The summed E-state index contributed by atoms with van der Waals surface area (Å²) in [5.74, 6) is 1.73. The number of hydrogen-bond acceptors (Lipinski definition) is 3. The van der Waals surface area contributed by atoms with Crippen LogP contribution in [-0.4, -0.2) is 0 Å². The van der Waals surface area contributed by atoms with Gasteiger partial charge < -0.3 is 9.64 Å². The first-order valence-electron chi connectivity index (χ1n) is 23.2. The molecule has 1 aromatic heterocycles. The summed E-state index contributed by atoms with van der Waals surface area (Å²) in [6, 6.07) is 88.1. The topological polar surface area (TPSA) is 12.5 Å². The van der Waals surface area contributed by atoms with Gasteiger partial charge in [0.15, 0.2) is 0 Å². The normalized spacial score (nSPS) is 11.6. The van der Waals surface area contributed by atoms with E-state index in [0.29, 0.717) is 0 Å². The molecular weight excluding hydrogens is 843 g/mol. The van der Waals surface area contributed by atoms with Gasteiger partial charge in [0, 0.05) is 42.6 Å². The molecule has 320 valence electrons. The van der Waals surface area contributed by atoms with E-state index in [2.05, 4.69) is 254 Å². The highest BCUT2D eigenvalue weighted by atomic mass is 32.1. The number of aryl methyl sites for hydroxylation is 1. The summed E-state index contributed by atoms with van der Waals surface area (Å²) in [4.78, 5) is 2.39. The zero-order valence-corrected chi connectivity index (χ0v) is 38.2. The van der Waals surface area contributed by atoms with Crippen LogP contribution in [-0.2, 0) is 0 Å². The van der Waals surface area contributed by atoms with E-state index in [0.717, 1.165) is 45.1 Å². The van der Waals surface area contributed by atoms with Gasteiger partial charge in [-0.05, 0) is 138 Å². The quantitative estimate of drug-likeness (QED) is 0.141. The Kier molecular flexibility index (Phi) is 9.62. The van der Waals surface area contributed by atoms with Crippen molar-refractivity contribution < 1.29 is 4.74 Å². The molecule has 0 aliphatic heterocycles. The molecule has 2 nitrogen and oxygen atoms in total. The van der Waals surface area contributed by atoms with Crippen molar-refractivity contribution in [2.24, 2.45) is 0 Å². The van der Waals surface area contributed by atoms with Crippen LogP contribution < -0.4 is 9.64 Å². The van der Waals surface area contributed by atoms with Gasteiger partial charge in [0.1, 0.15) is 11.5 Å². The second-order valence-electron chi connectivity index (χ2n) is 17.7. The van der Waals surface area contributed by atoms with Crippen molar-refractivity contribution >= 4 is 91.7 Å². The van der Waals surface area contributed by atoms with Gasteiger partial charge in [0.05, 0.1) is 0 Å². The Morgan fingerprint density at radius 3 is 1.69 bits per heavy atom. The Hall–Kier alpha value is -8.50. The molecule has 3 heteroatoms. The maximum absolute atomic E-state index is 6.50. The lowest BCUT2D eigenvalue weighted by Gasteiger charge is -2.27. The van der Waals surface area contributed by atoms with Crippen LogP contribution in [0.2, 0.25) is 0 Å². The SMILES string of the molecule is Cc1ccc2ccccc2c1Oc1ccc(-c2ccc3c(ccc4cc(N(c5ccc(-c6cccc7c6sc6c8ccccc8ccc76)cc5)c5cccc(-c6ccccc6)c5)ccc43)c2)cc1. The highest BCUT2D eigenvalue weighted by Crippen LogP contribution is 2.45. The van der Waals surface area contributed by atoms with Crippen LogP contribution in [0.4, 0.5) is 17.1 Å². The van der Waals surface area contributed by atoms with E-state index in [-0.39, 0.29) is 0 Å². The molecule has 0 N–H and O–H groups in total. The average Bonchev–Trinajstić information content (AvgIpc) is 3.80. The van der Waals surface area contributed by atoms with E-state index in [1.807, 2.05) is 11.3 Å². The summed E-state index contributed by atoms with van der Waals surface area (Å²) in [6.07, 6.45) is 0. The van der Waals surface area contributed by atoms with Gasteiger partial charge in [-0.2, -0.15) is 0 Å². The number of hydrogen-bond donors (Lipinski definition) is 0. The van der Waals surface area contributed by atoms with Crippen LogP contribution in [0, 0.1) is 6.92 Å². The lowest BCUT2D eigenvalue weighted by Crippen LogP contribution is -2.10. The predicted molar refractivity (Wildman–Crippen MR) is 292 cm³/mol. The maximum Gasteiger partial charge on any atom is 0.138 e. The minimum atomic E-state index is 0.825. The highest BCUT2D eigenvalue weighted by Gasteiger charge is 2.18. The summed E-state index contributed by atoms with van der Waals surface area (Å²) in [6.45, 7) is 2.10. The summed E-state index contributed by atoms with van der Waals surface area (Å²) < 4.78 is 9.17. The molecule has 13 rings (SSSR count). The molecule has 0 radical (unpaired) electrons. The van der Waals surface area contributed by atoms with Gasteiger partial charge in [-0.3, -0.25) is 0 Å². The zero-order chi connectivity index (χ0) is 45.1. The van der Waals surface area contributed by atoms with E-state index >= 15 is 0 Å². The van der Waals surface area contributed by atoms with Crippen LogP contribution in [0.3, 0.4) is 0 Å². The van der Waals surface area contributed by atoms with E-state index in [9.17, 15) is 0 Å². The predicted octanol–water partition coefficient (Wildman–Crippen LogP) is 19.2. The van der Waals surface area contributed by atoms with Crippen LogP contribution in [0.25, 0.3) is 96.6 Å². The molecule has 0 bridgehead atoms. The van der Waals surface area contributed by atoms with Gasteiger partial charge >= 0.3 is 0 Å². The second-order valence-corrected chi connectivity index (χ2v) is 18.7. The smallest absolute Gasteiger partial charge is 0.138 e. The monoisotopic (exact) mass is 885 g/mol. The summed E-state index contributed by atoms with van der Waals surface area (Å²) in [5, 5.41) is 12.4. The summed E-state index contributed by atoms with van der Waals surface area (Å²) in [5.41, 5.74) is 11.6. The molecule has 0 aliphatic carbocycles. The fraction of sp³-hybridized carbons (Fsp3) is 0.0154. The Morgan fingerprint density at radius 1 is 0.324 bits per heavy atom. The van der Waals surface area contributed by atoms with Crippen molar-refractivity contribution in [3.8, 4) is 44.9 Å². The van der Waals surface area contributed by atoms with Gasteiger partial charge in [-0.25, -0.2) is 0 Å². The molecule has 13 aromatic rings. The Labute approximate surface area is 399 Å². The number of anilines is 3. The lowest BCUT2D eigenvalue weighted by atomic mass is 9.97. The average molecular weight is 886 g/mol. The first-order chi connectivity index (χ1) is 33.6. The molecule has 68 heavy (non-hydrogen) atoms. The van der Waals surface area contributed by atoms with E-state index in [4.69, 9.17) is 4.74 Å². The van der Waals surface area contributed by atoms with Crippen molar-refractivity contribution in [3.05, 3.63) is 248 Å². The molecule has 0 amide bonds. The summed E-state index contributed by atoms with van der Waals surface area (Å²) in [7, 11) is 0. The van der Waals surface area contributed by atoms with Crippen LogP contribution in [0.1, 0.15) is 5.56 Å². The first-order valence-corrected chi connectivity index (χ1v) is 24.0.